The summed E-state index contributed by atoms with van der Waals surface area (Å²) in [6, 6.07) is 8.01. The number of benzene rings is 1. The van der Waals surface area contributed by atoms with Crippen LogP contribution >= 0.6 is 12.2 Å². The van der Waals surface area contributed by atoms with Gasteiger partial charge in [0.2, 0.25) is 5.95 Å². The third-order valence-electron chi connectivity index (χ3n) is 4.55. The lowest BCUT2D eigenvalue weighted by Crippen LogP contribution is -2.10. The highest BCUT2D eigenvalue weighted by atomic mass is 32.1. The first-order valence-corrected chi connectivity index (χ1v) is 8.29. The van der Waals surface area contributed by atoms with Crippen molar-refractivity contribution >= 4 is 23.2 Å². The third kappa shape index (κ3) is 3.69. The third-order valence-corrected chi connectivity index (χ3v) is 4.64. The van der Waals surface area contributed by atoms with E-state index in [0.29, 0.717) is 5.92 Å². The number of halogens is 1. The molecule has 0 spiro atoms. The van der Waals surface area contributed by atoms with E-state index >= 15 is 0 Å². The second-order valence-corrected chi connectivity index (χ2v) is 6.33. The van der Waals surface area contributed by atoms with Gasteiger partial charge in [0.1, 0.15) is 5.69 Å². The van der Waals surface area contributed by atoms with Gasteiger partial charge in [-0.25, -0.2) is 4.98 Å². The molecule has 1 saturated carbocycles. The number of rotatable bonds is 3. The molecule has 5 heteroatoms. The van der Waals surface area contributed by atoms with E-state index in [2.05, 4.69) is 51.4 Å². The van der Waals surface area contributed by atoms with Crippen molar-refractivity contribution in [2.24, 2.45) is 10.9 Å². The Morgan fingerprint density at radius 2 is 1.87 bits per heavy atom. The maximum Gasteiger partial charge on any atom is 0.241 e. The SMILES string of the molecule is CC1CCC(c2ccc(-c3ncc(N=C=S)nc3F)cc2)CC1. The molecule has 0 amide bonds. The molecule has 0 aliphatic heterocycles. The van der Waals surface area contributed by atoms with Crippen molar-refractivity contribution in [1.29, 1.82) is 0 Å². The topological polar surface area (TPSA) is 38.1 Å². The number of isothiocyanates is 1. The molecule has 0 bridgehead atoms. The van der Waals surface area contributed by atoms with E-state index in [1.54, 1.807) is 0 Å². The van der Waals surface area contributed by atoms with Crippen LogP contribution in [-0.2, 0) is 0 Å². The van der Waals surface area contributed by atoms with Gasteiger partial charge in [-0.2, -0.15) is 14.4 Å². The first-order chi connectivity index (χ1) is 11.2. The van der Waals surface area contributed by atoms with Crippen LogP contribution in [0.4, 0.5) is 10.2 Å². The van der Waals surface area contributed by atoms with Crippen molar-refractivity contribution in [3.8, 4) is 11.3 Å². The van der Waals surface area contributed by atoms with Gasteiger partial charge >= 0.3 is 0 Å². The van der Waals surface area contributed by atoms with Crippen molar-refractivity contribution in [3.63, 3.8) is 0 Å². The van der Waals surface area contributed by atoms with Crippen molar-refractivity contribution < 1.29 is 4.39 Å². The summed E-state index contributed by atoms with van der Waals surface area (Å²) in [6.07, 6.45) is 6.44. The second-order valence-electron chi connectivity index (χ2n) is 6.15. The number of hydrogen-bond acceptors (Lipinski definition) is 4. The van der Waals surface area contributed by atoms with Crippen LogP contribution < -0.4 is 0 Å². The molecule has 1 aliphatic carbocycles. The molecule has 1 fully saturated rings. The van der Waals surface area contributed by atoms with Gasteiger partial charge in [-0.15, -0.1) is 0 Å². The maximum absolute atomic E-state index is 14.1. The van der Waals surface area contributed by atoms with E-state index in [0.717, 1.165) is 11.5 Å². The number of aliphatic imine (C=N–C) groups is 1. The Balaban J connectivity index is 1.81. The smallest absolute Gasteiger partial charge is 0.241 e. The van der Waals surface area contributed by atoms with Crippen LogP contribution in [-0.4, -0.2) is 15.1 Å². The van der Waals surface area contributed by atoms with Crippen LogP contribution in [0.5, 0.6) is 0 Å². The molecule has 0 radical (unpaired) electrons. The summed E-state index contributed by atoms with van der Waals surface area (Å²) in [5, 5.41) is 2.16. The Morgan fingerprint density at radius 3 is 2.48 bits per heavy atom. The van der Waals surface area contributed by atoms with E-state index in [9.17, 15) is 4.39 Å². The summed E-state index contributed by atoms with van der Waals surface area (Å²) < 4.78 is 14.1. The highest BCUT2D eigenvalue weighted by Crippen LogP contribution is 2.36. The predicted molar refractivity (Wildman–Crippen MR) is 92.5 cm³/mol. The fourth-order valence-electron chi connectivity index (χ4n) is 3.16. The van der Waals surface area contributed by atoms with E-state index in [4.69, 9.17) is 0 Å². The summed E-state index contributed by atoms with van der Waals surface area (Å²) in [7, 11) is 0. The van der Waals surface area contributed by atoms with Gasteiger partial charge in [-0.3, -0.25) is 0 Å². The molecule has 118 valence electrons. The Bertz CT molecular complexity index is 730. The van der Waals surface area contributed by atoms with Gasteiger partial charge in [0.05, 0.1) is 11.4 Å². The first kappa shape index (κ1) is 15.9. The molecule has 2 aromatic rings. The van der Waals surface area contributed by atoms with Gasteiger partial charge < -0.3 is 0 Å². The zero-order valence-corrected chi connectivity index (χ0v) is 13.8. The summed E-state index contributed by atoms with van der Waals surface area (Å²) in [5.41, 5.74) is 2.29. The van der Waals surface area contributed by atoms with Crippen LogP contribution in [0.1, 0.15) is 44.1 Å². The molecule has 1 aromatic carbocycles. The normalized spacial score (nSPS) is 20.8. The Kier molecular flexibility index (Phi) is 4.89. The van der Waals surface area contributed by atoms with Gasteiger partial charge in [0.15, 0.2) is 5.82 Å². The fourth-order valence-corrected chi connectivity index (χ4v) is 3.25. The summed E-state index contributed by atoms with van der Waals surface area (Å²) in [5.74, 6) is 0.948. The molecular formula is C18H18FN3S. The summed E-state index contributed by atoms with van der Waals surface area (Å²) in [6.45, 7) is 2.32. The quantitative estimate of drug-likeness (QED) is 0.566. The molecule has 0 unspecified atom stereocenters. The molecule has 1 heterocycles. The summed E-state index contributed by atoms with van der Waals surface area (Å²) in [4.78, 5) is 11.5. The molecule has 1 aliphatic rings. The molecule has 3 nitrogen and oxygen atoms in total. The number of nitrogens with zero attached hydrogens (tertiary/aromatic N) is 3. The van der Waals surface area contributed by atoms with Gasteiger partial charge in [-0.05, 0) is 42.5 Å². The minimum Gasteiger partial charge on any atom is -0.247 e. The lowest BCUT2D eigenvalue weighted by Gasteiger charge is -2.26. The zero-order chi connectivity index (χ0) is 16.2. The van der Waals surface area contributed by atoms with Crippen molar-refractivity contribution in [2.75, 3.05) is 0 Å². The lowest BCUT2D eigenvalue weighted by atomic mass is 9.79. The molecular weight excluding hydrogens is 309 g/mol. The van der Waals surface area contributed by atoms with E-state index in [-0.39, 0.29) is 11.5 Å². The standard InChI is InChI=1S/C18H18FN3S/c1-12-2-4-13(5-3-12)14-6-8-15(9-7-14)17-18(19)22-16(10-20-17)21-11-23/h6-10,12-13H,2-5H2,1H3. The highest BCUT2D eigenvalue weighted by Gasteiger charge is 2.20. The van der Waals surface area contributed by atoms with Crippen molar-refractivity contribution in [3.05, 3.63) is 42.0 Å². The van der Waals surface area contributed by atoms with E-state index < -0.39 is 5.95 Å². The van der Waals surface area contributed by atoms with Gasteiger partial charge in [0, 0.05) is 5.56 Å². The van der Waals surface area contributed by atoms with Crippen molar-refractivity contribution in [1.82, 2.24) is 9.97 Å². The predicted octanol–water partition coefficient (Wildman–Crippen LogP) is 5.31. The second kappa shape index (κ2) is 7.07. The molecule has 3 rings (SSSR count). The van der Waals surface area contributed by atoms with Gasteiger partial charge in [-0.1, -0.05) is 44.0 Å². The summed E-state index contributed by atoms with van der Waals surface area (Å²) >= 11 is 4.48. The largest absolute Gasteiger partial charge is 0.247 e. The van der Waals surface area contributed by atoms with Crippen molar-refractivity contribution in [2.45, 2.75) is 38.5 Å². The molecule has 0 atom stereocenters. The maximum atomic E-state index is 14.1. The average molecular weight is 327 g/mol. The fraction of sp³-hybridized carbons (Fsp3) is 0.389. The van der Waals surface area contributed by atoms with Crippen LogP contribution in [0.25, 0.3) is 11.3 Å². The van der Waals surface area contributed by atoms with Crippen LogP contribution in [0.3, 0.4) is 0 Å². The average Bonchev–Trinajstić information content (AvgIpc) is 2.56. The first-order valence-electron chi connectivity index (χ1n) is 7.88. The van der Waals surface area contributed by atoms with E-state index in [1.165, 1.54) is 37.4 Å². The molecule has 0 N–H and O–H groups in total. The van der Waals surface area contributed by atoms with E-state index in [1.807, 2.05) is 12.1 Å². The lowest BCUT2D eigenvalue weighted by molar-refractivity contribution is 0.348. The number of thiocarbonyl (C=S) groups is 1. The Hall–Kier alpha value is -1.97. The zero-order valence-electron chi connectivity index (χ0n) is 13.0. The minimum atomic E-state index is -0.643. The van der Waals surface area contributed by atoms with Gasteiger partial charge in [0.25, 0.3) is 0 Å². The van der Waals surface area contributed by atoms with Crippen LogP contribution in [0.2, 0.25) is 0 Å². The minimum absolute atomic E-state index is 0.134. The Morgan fingerprint density at radius 1 is 1.17 bits per heavy atom. The van der Waals surface area contributed by atoms with Crippen LogP contribution in [0, 0.1) is 11.9 Å². The molecule has 23 heavy (non-hydrogen) atoms. The molecule has 1 aromatic heterocycles. The number of hydrogen-bond donors (Lipinski definition) is 0. The molecule has 0 saturated heterocycles. The highest BCUT2D eigenvalue weighted by molar-refractivity contribution is 7.78. The number of aromatic nitrogens is 2. The monoisotopic (exact) mass is 327 g/mol. The van der Waals surface area contributed by atoms with Crippen LogP contribution in [0.15, 0.2) is 35.5 Å². The Labute approximate surface area is 140 Å².